The largest absolute Gasteiger partial charge is 0.394 e. The highest BCUT2D eigenvalue weighted by molar-refractivity contribution is 5.19. The van der Waals surface area contributed by atoms with Crippen LogP contribution in [0.1, 0.15) is 18.0 Å². The molecule has 0 fully saturated rings. The van der Waals surface area contributed by atoms with Crippen molar-refractivity contribution in [1.82, 2.24) is 0 Å². The highest BCUT2D eigenvalue weighted by Crippen LogP contribution is 2.22. The average Bonchev–Trinajstić information content (AvgIpc) is 2.29. The molecule has 0 radical (unpaired) electrons. The fourth-order valence-electron chi connectivity index (χ4n) is 1.32. The van der Waals surface area contributed by atoms with Gasteiger partial charge in [0.25, 0.3) is 0 Å². The van der Waals surface area contributed by atoms with E-state index in [4.69, 9.17) is 10.6 Å². The zero-order chi connectivity index (χ0) is 11.1. The topological polar surface area (TPSA) is 89.2 Å². The minimum atomic E-state index is -0.860. The van der Waals surface area contributed by atoms with E-state index >= 15 is 0 Å². The van der Waals surface area contributed by atoms with Crippen LogP contribution in [0.2, 0.25) is 0 Å². The van der Waals surface area contributed by atoms with Crippen LogP contribution in [0.5, 0.6) is 0 Å². The minimum Gasteiger partial charge on any atom is -0.394 e. The Morgan fingerprint density at radius 3 is 2.53 bits per heavy atom. The molecule has 0 unspecified atom stereocenters. The molecule has 0 aliphatic heterocycles. The number of aliphatic hydroxyl groups is 2. The summed E-state index contributed by atoms with van der Waals surface area (Å²) in [7, 11) is 0. The number of hydrogen-bond acceptors (Lipinski definition) is 3. The van der Waals surface area contributed by atoms with E-state index in [0.29, 0.717) is 0 Å². The molecule has 2 atom stereocenters. The predicted molar refractivity (Wildman–Crippen MR) is 56.0 cm³/mol. The smallest absolute Gasteiger partial charge is 0.0778 e. The second kappa shape index (κ2) is 6.03. The van der Waals surface area contributed by atoms with Crippen LogP contribution in [0.15, 0.2) is 35.4 Å². The van der Waals surface area contributed by atoms with Crippen LogP contribution in [0.25, 0.3) is 10.4 Å². The minimum absolute atomic E-state index is 0.227. The molecule has 80 valence electrons. The van der Waals surface area contributed by atoms with Crippen molar-refractivity contribution in [2.45, 2.75) is 18.6 Å². The number of azide groups is 1. The van der Waals surface area contributed by atoms with Gasteiger partial charge in [0.15, 0.2) is 0 Å². The van der Waals surface area contributed by atoms with Crippen molar-refractivity contribution in [2.24, 2.45) is 5.11 Å². The Balaban J connectivity index is 2.79. The molecule has 1 rings (SSSR count). The van der Waals surface area contributed by atoms with Crippen LogP contribution >= 0.6 is 0 Å². The summed E-state index contributed by atoms with van der Waals surface area (Å²) in [5.41, 5.74) is 9.23. The van der Waals surface area contributed by atoms with Crippen LogP contribution in [-0.4, -0.2) is 22.9 Å². The van der Waals surface area contributed by atoms with Gasteiger partial charge in [-0.1, -0.05) is 35.4 Å². The summed E-state index contributed by atoms with van der Waals surface area (Å²) in [5.74, 6) is 0. The van der Waals surface area contributed by atoms with E-state index in [0.717, 1.165) is 5.56 Å². The predicted octanol–water partition coefficient (Wildman–Crippen LogP) is 1.78. The standard InChI is InChI=1S/C10H13N3O2/c11-13-12-10(6-9(15)7-14)8-4-2-1-3-5-8/h1-5,9-10,14-15H,6-7H2/t9-,10-/m0/s1. The summed E-state index contributed by atoms with van der Waals surface area (Å²) in [4.78, 5) is 2.73. The van der Waals surface area contributed by atoms with Crippen molar-refractivity contribution in [1.29, 1.82) is 0 Å². The first kappa shape index (κ1) is 11.5. The van der Waals surface area contributed by atoms with Gasteiger partial charge in [0.05, 0.1) is 18.8 Å². The summed E-state index contributed by atoms with van der Waals surface area (Å²) in [5, 5.41) is 21.6. The fourth-order valence-corrected chi connectivity index (χ4v) is 1.32. The highest BCUT2D eigenvalue weighted by Gasteiger charge is 2.13. The third kappa shape index (κ3) is 3.59. The fraction of sp³-hybridized carbons (Fsp3) is 0.400. The van der Waals surface area contributed by atoms with Gasteiger partial charge < -0.3 is 10.2 Å². The van der Waals surface area contributed by atoms with Gasteiger partial charge in [-0.2, -0.15) is 0 Å². The van der Waals surface area contributed by atoms with Gasteiger partial charge in [-0.15, -0.1) is 0 Å². The van der Waals surface area contributed by atoms with E-state index in [1.54, 1.807) is 0 Å². The number of nitrogens with zero attached hydrogens (tertiary/aromatic N) is 3. The van der Waals surface area contributed by atoms with Gasteiger partial charge in [0.1, 0.15) is 0 Å². The molecule has 0 bridgehead atoms. The molecule has 0 aliphatic carbocycles. The van der Waals surface area contributed by atoms with Crippen LogP contribution in [0.4, 0.5) is 0 Å². The molecular formula is C10H13N3O2. The lowest BCUT2D eigenvalue weighted by Gasteiger charge is -2.14. The molecule has 5 nitrogen and oxygen atoms in total. The second-order valence-corrected chi connectivity index (χ2v) is 3.20. The Labute approximate surface area is 87.6 Å². The van der Waals surface area contributed by atoms with Gasteiger partial charge in [0.2, 0.25) is 0 Å². The van der Waals surface area contributed by atoms with Crippen molar-refractivity contribution in [3.63, 3.8) is 0 Å². The van der Waals surface area contributed by atoms with Gasteiger partial charge in [-0.05, 0) is 17.5 Å². The maximum Gasteiger partial charge on any atom is 0.0778 e. The second-order valence-electron chi connectivity index (χ2n) is 3.20. The van der Waals surface area contributed by atoms with E-state index in [9.17, 15) is 5.11 Å². The molecule has 15 heavy (non-hydrogen) atoms. The quantitative estimate of drug-likeness (QED) is 0.437. The lowest BCUT2D eigenvalue weighted by molar-refractivity contribution is 0.0826. The molecule has 2 N–H and O–H groups in total. The summed E-state index contributed by atoms with van der Waals surface area (Å²) in [6, 6.07) is 8.74. The number of rotatable bonds is 5. The van der Waals surface area contributed by atoms with E-state index in [2.05, 4.69) is 10.0 Å². The van der Waals surface area contributed by atoms with Gasteiger partial charge in [0, 0.05) is 4.91 Å². The summed E-state index contributed by atoms with van der Waals surface area (Å²) in [6.07, 6.45) is -0.634. The van der Waals surface area contributed by atoms with E-state index in [-0.39, 0.29) is 13.0 Å². The Hall–Kier alpha value is -1.55. The maximum atomic E-state index is 9.28. The monoisotopic (exact) mass is 207 g/mol. The molecule has 0 saturated carbocycles. The van der Waals surface area contributed by atoms with E-state index in [1.165, 1.54) is 0 Å². The first-order valence-corrected chi connectivity index (χ1v) is 4.66. The molecule has 1 aromatic carbocycles. The van der Waals surface area contributed by atoms with Gasteiger partial charge in [-0.25, -0.2) is 0 Å². The number of aliphatic hydroxyl groups excluding tert-OH is 2. The Morgan fingerprint density at radius 1 is 1.33 bits per heavy atom. The molecular weight excluding hydrogens is 194 g/mol. The van der Waals surface area contributed by atoms with Crippen molar-refractivity contribution < 1.29 is 10.2 Å². The summed E-state index contributed by atoms with van der Waals surface area (Å²) < 4.78 is 0. The third-order valence-corrected chi connectivity index (χ3v) is 2.08. The van der Waals surface area contributed by atoms with Gasteiger partial charge in [-0.3, -0.25) is 0 Å². The van der Waals surface area contributed by atoms with Crippen LogP contribution in [0, 0.1) is 0 Å². The van der Waals surface area contributed by atoms with Crippen molar-refractivity contribution in [2.75, 3.05) is 6.61 Å². The first-order chi connectivity index (χ1) is 7.27. The maximum absolute atomic E-state index is 9.28. The van der Waals surface area contributed by atoms with Crippen molar-refractivity contribution in [3.8, 4) is 0 Å². The van der Waals surface area contributed by atoms with Crippen LogP contribution in [-0.2, 0) is 0 Å². The number of hydrogen-bond donors (Lipinski definition) is 2. The van der Waals surface area contributed by atoms with Crippen molar-refractivity contribution >= 4 is 0 Å². The van der Waals surface area contributed by atoms with Crippen LogP contribution in [0.3, 0.4) is 0 Å². The molecule has 1 aromatic rings. The molecule has 0 saturated heterocycles. The summed E-state index contributed by atoms with van der Waals surface area (Å²) in [6.45, 7) is -0.329. The Bertz CT molecular complexity index is 336. The van der Waals surface area contributed by atoms with Crippen molar-refractivity contribution in [3.05, 3.63) is 46.3 Å². The van der Waals surface area contributed by atoms with E-state index < -0.39 is 12.1 Å². The Kier molecular flexibility index (Phi) is 4.63. The SMILES string of the molecule is [N-]=[N+]=N[C@@H](C[C@H](O)CO)c1ccccc1. The van der Waals surface area contributed by atoms with Gasteiger partial charge >= 0.3 is 0 Å². The highest BCUT2D eigenvalue weighted by atomic mass is 16.3. The zero-order valence-electron chi connectivity index (χ0n) is 8.19. The Morgan fingerprint density at radius 2 is 2.00 bits per heavy atom. The molecule has 0 aromatic heterocycles. The summed E-state index contributed by atoms with van der Waals surface area (Å²) >= 11 is 0. The molecule has 0 heterocycles. The zero-order valence-corrected chi connectivity index (χ0v) is 8.19. The van der Waals surface area contributed by atoms with E-state index in [1.807, 2.05) is 30.3 Å². The molecule has 0 aliphatic rings. The third-order valence-electron chi connectivity index (χ3n) is 2.08. The lowest BCUT2D eigenvalue weighted by atomic mass is 10.0. The molecule has 0 spiro atoms. The molecule has 5 heteroatoms. The molecule has 0 amide bonds. The first-order valence-electron chi connectivity index (χ1n) is 4.66. The normalized spacial score (nSPS) is 14.0. The number of benzene rings is 1. The lowest BCUT2D eigenvalue weighted by Crippen LogP contribution is -2.15. The average molecular weight is 207 g/mol. The van der Waals surface area contributed by atoms with Crippen LogP contribution < -0.4 is 0 Å².